The van der Waals surface area contributed by atoms with Crippen molar-refractivity contribution in [2.75, 3.05) is 25.6 Å². The standard InChI is InChI=1S/C13H21N3O2S/c1-9-8-19-13(14-9)15-12(17)10(2)16(3)11-4-6-18-7-5-11/h8,10-11H,4-7H2,1-3H3,(H,14,15,17)/t10-/m1/s1. The number of rotatable bonds is 4. The number of thiazole rings is 1. The largest absolute Gasteiger partial charge is 0.381 e. The molecule has 1 fully saturated rings. The molecule has 2 heterocycles. The molecule has 2 rings (SSSR count). The molecule has 106 valence electrons. The summed E-state index contributed by atoms with van der Waals surface area (Å²) in [4.78, 5) is 18.6. The Bertz CT molecular complexity index is 429. The van der Waals surface area contributed by atoms with Crippen LogP contribution in [-0.2, 0) is 9.53 Å². The molecule has 0 aromatic carbocycles. The lowest BCUT2D eigenvalue weighted by atomic mass is 10.1. The van der Waals surface area contributed by atoms with Crippen LogP contribution >= 0.6 is 11.3 Å². The first kappa shape index (κ1) is 14.4. The highest BCUT2D eigenvalue weighted by Crippen LogP contribution is 2.18. The molecule has 0 aliphatic carbocycles. The monoisotopic (exact) mass is 283 g/mol. The third-order valence-electron chi connectivity index (χ3n) is 3.61. The number of aryl methyl sites for hydroxylation is 1. The SMILES string of the molecule is Cc1csc(NC(=O)[C@@H](C)N(C)C2CCOCC2)n1. The van der Waals surface area contributed by atoms with E-state index in [1.165, 1.54) is 11.3 Å². The van der Waals surface area contributed by atoms with Gasteiger partial charge in [-0.25, -0.2) is 4.98 Å². The third-order valence-corrected chi connectivity index (χ3v) is 4.48. The number of nitrogens with one attached hydrogen (secondary N) is 1. The molecule has 1 amide bonds. The van der Waals surface area contributed by atoms with Crippen LogP contribution in [0.25, 0.3) is 0 Å². The molecule has 0 saturated carbocycles. The van der Waals surface area contributed by atoms with Crippen molar-refractivity contribution >= 4 is 22.4 Å². The predicted molar refractivity (Wildman–Crippen MR) is 76.5 cm³/mol. The number of carbonyl (C=O) groups excluding carboxylic acids is 1. The first-order valence-electron chi connectivity index (χ1n) is 6.60. The number of nitrogens with zero attached hydrogens (tertiary/aromatic N) is 2. The van der Waals surface area contributed by atoms with Gasteiger partial charge < -0.3 is 10.1 Å². The summed E-state index contributed by atoms with van der Waals surface area (Å²) in [5.74, 6) is 0.00309. The van der Waals surface area contributed by atoms with Crippen molar-refractivity contribution < 1.29 is 9.53 Å². The van der Waals surface area contributed by atoms with Crippen LogP contribution in [0.3, 0.4) is 0 Å². The highest BCUT2D eigenvalue weighted by molar-refractivity contribution is 7.13. The van der Waals surface area contributed by atoms with Crippen molar-refractivity contribution in [3.63, 3.8) is 0 Å². The fourth-order valence-electron chi connectivity index (χ4n) is 2.21. The topological polar surface area (TPSA) is 54.5 Å². The van der Waals surface area contributed by atoms with Gasteiger partial charge in [0.1, 0.15) is 0 Å². The van der Waals surface area contributed by atoms with Crippen LogP contribution in [0.1, 0.15) is 25.5 Å². The minimum Gasteiger partial charge on any atom is -0.381 e. The summed E-state index contributed by atoms with van der Waals surface area (Å²) in [6.45, 7) is 5.43. The molecule has 1 aromatic heterocycles. The van der Waals surface area contributed by atoms with Gasteiger partial charge in [-0.15, -0.1) is 11.3 Å². The van der Waals surface area contributed by atoms with Crippen LogP contribution in [0.15, 0.2) is 5.38 Å². The van der Waals surface area contributed by atoms with E-state index in [9.17, 15) is 4.79 Å². The third kappa shape index (κ3) is 3.75. The lowest BCUT2D eigenvalue weighted by molar-refractivity contribution is -0.121. The number of hydrogen-bond acceptors (Lipinski definition) is 5. The average Bonchev–Trinajstić information content (AvgIpc) is 2.83. The number of carbonyl (C=O) groups is 1. The van der Waals surface area contributed by atoms with Crippen LogP contribution in [0.2, 0.25) is 0 Å². The molecular weight excluding hydrogens is 262 g/mol. The zero-order valence-corrected chi connectivity index (χ0v) is 12.5. The van der Waals surface area contributed by atoms with Gasteiger partial charge in [-0.1, -0.05) is 0 Å². The van der Waals surface area contributed by atoms with Gasteiger partial charge in [0.25, 0.3) is 0 Å². The molecule has 5 nitrogen and oxygen atoms in total. The summed E-state index contributed by atoms with van der Waals surface area (Å²) >= 11 is 1.46. The number of ether oxygens (including phenoxy) is 1. The Hall–Kier alpha value is -0.980. The van der Waals surface area contributed by atoms with Crippen molar-refractivity contribution in [3.8, 4) is 0 Å². The van der Waals surface area contributed by atoms with Gasteiger partial charge in [0, 0.05) is 24.6 Å². The average molecular weight is 283 g/mol. The van der Waals surface area contributed by atoms with E-state index in [-0.39, 0.29) is 11.9 Å². The van der Waals surface area contributed by atoms with E-state index in [0.717, 1.165) is 31.7 Å². The molecule has 19 heavy (non-hydrogen) atoms. The second kappa shape index (κ2) is 6.45. The molecule has 0 spiro atoms. The Labute approximate surface area is 118 Å². The van der Waals surface area contributed by atoms with Gasteiger partial charge in [0.15, 0.2) is 5.13 Å². The van der Waals surface area contributed by atoms with E-state index in [4.69, 9.17) is 4.74 Å². The summed E-state index contributed by atoms with van der Waals surface area (Å²) in [7, 11) is 2.01. The van der Waals surface area contributed by atoms with E-state index in [1.54, 1.807) is 0 Å². The minimum absolute atomic E-state index is 0.00309. The summed E-state index contributed by atoms with van der Waals surface area (Å²) in [5.41, 5.74) is 0.936. The van der Waals surface area contributed by atoms with Crippen molar-refractivity contribution in [1.29, 1.82) is 0 Å². The second-order valence-corrected chi connectivity index (χ2v) is 5.83. The van der Waals surface area contributed by atoms with Gasteiger partial charge in [0.2, 0.25) is 5.91 Å². The maximum absolute atomic E-state index is 12.2. The highest BCUT2D eigenvalue weighted by atomic mass is 32.1. The van der Waals surface area contributed by atoms with Crippen LogP contribution in [0.4, 0.5) is 5.13 Å². The van der Waals surface area contributed by atoms with Crippen LogP contribution in [-0.4, -0.2) is 48.1 Å². The Morgan fingerprint density at radius 1 is 1.58 bits per heavy atom. The van der Waals surface area contributed by atoms with Crippen molar-refractivity contribution in [2.24, 2.45) is 0 Å². The molecule has 1 aromatic rings. The van der Waals surface area contributed by atoms with E-state index in [0.29, 0.717) is 11.2 Å². The van der Waals surface area contributed by atoms with Crippen LogP contribution in [0.5, 0.6) is 0 Å². The zero-order chi connectivity index (χ0) is 13.8. The van der Waals surface area contributed by atoms with Gasteiger partial charge in [-0.05, 0) is 33.7 Å². The molecule has 0 unspecified atom stereocenters. The second-order valence-electron chi connectivity index (χ2n) is 4.97. The van der Waals surface area contributed by atoms with E-state index >= 15 is 0 Å². The first-order chi connectivity index (χ1) is 9.08. The number of likely N-dealkylation sites (N-methyl/N-ethyl adjacent to an activating group) is 1. The van der Waals surface area contributed by atoms with E-state index in [2.05, 4.69) is 15.2 Å². The number of amides is 1. The summed E-state index contributed by atoms with van der Waals surface area (Å²) in [6.07, 6.45) is 1.98. The molecule has 1 aliphatic rings. The quantitative estimate of drug-likeness (QED) is 0.917. The van der Waals surface area contributed by atoms with E-state index in [1.807, 2.05) is 26.3 Å². The molecule has 1 atom stereocenters. The lowest BCUT2D eigenvalue weighted by Gasteiger charge is -2.34. The Morgan fingerprint density at radius 2 is 2.26 bits per heavy atom. The highest BCUT2D eigenvalue weighted by Gasteiger charge is 2.26. The Kier molecular flexibility index (Phi) is 4.90. The van der Waals surface area contributed by atoms with Gasteiger partial charge in [-0.2, -0.15) is 0 Å². The molecule has 1 saturated heterocycles. The first-order valence-corrected chi connectivity index (χ1v) is 7.48. The van der Waals surface area contributed by atoms with Crippen molar-refractivity contribution in [1.82, 2.24) is 9.88 Å². The maximum Gasteiger partial charge on any atom is 0.243 e. The number of aromatic nitrogens is 1. The van der Waals surface area contributed by atoms with Gasteiger partial charge >= 0.3 is 0 Å². The fourth-order valence-corrected chi connectivity index (χ4v) is 2.91. The normalized spacial score (nSPS) is 18.5. The Morgan fingerprint density at radius 3 is 2.84 bits per heavy atom. The zero-order valence-electron chi connectivity index (χ0n) is 11.7. The van der Waals surface area contributed by atoms with Gasteiger partial charge in [0.05, 0.1) is 11.7 Å². The molecule has 6 heteroatoms. The number of anilines is 1. The molecule has 0 radical (unpaired) electrons. The number of hydrogen-bond donors (Lipinski definition) is 1. The van der Waals surface area contributed by atoms with Gasteiger partial charge in [-0.3, -0.25) is 9.69 Å². The summed E-state index contributed by atoms with van der Waals surface area (Å²) < 4.78 is 5.35. The molecule has 1 N–H and O–H groups in total. The Balaban J connectivity index is 1.90. The maximum atomic E-state index is 12.2. The smallest absolute Gasteiger partial charge is 0.243 e. The van der Waals surface area contributed by atoms with Crippen LogP contribution < -0.4 is 5.32 Å². The fraction of sp³-hybridized carbons (Fsp3) is 0.692. The van der Waals surface area contributed by atoms with Crippen molar-refractivity contribution in [2.45, 2.75) is 38.8 Å². The molecular formula is C13H21N3O2S. The predicted octanol–water partition coefficient (Wildman–Crippen LogP) is 1.89. The minimum atomic E-state index is -0.160. The summed E-state index contributed by atoms with van der Waals surface area (Å²) in [5, 5.41) is 5.49. The van der Waals surface area contributed by atoms with E-state index < -0.39 is 0 Å². The molecule has 0 bridgehead atoms. The van der Waals surface area contributed by atoms with Crippen molar-refractivity contribution in [3.05, 3.63) is 11.1 Å². The van der Waals surface area contributed by atoms with Crippen LogP contribution in [0, 0.1) is 6.92 Å². The summed E-state index contributed by atoms with van der Waals surface area (Å²) in [6, 6.07) is 0.264. The molecule has 1 aliphatic heterocycles. The lowest BCUT2D eigenvalue weighted by Crippen LogP contribution is -2.47.